The molecule has 172 valence electrons. The van der Waals surface area contributed by atoms with Crippen molar-refractivity contribution in [2.75, 3.05) is 44.2 Å². The predicted molar refractivity (Wildman–Crippen MR) is 131 cm³/mol. The maximum absolute atomic E-state index is 13.3. The molecule has 5 rings (SSSR count). The van der Waals surface area contributed by atoms with Gasteiger partial charge in [0.1, 0.15) is 6.04 Å². The molecule has 3 saturated heterocycles. The number of piperazine rings is 1. The number of hydrazine groups is 1. The molecule has 3 unspecified atom stereocenters. The molecule has 0 aliphatic carbocycles. The Morgan fingerprint density at radius 2 is 1.81 bits per heavy atom. The first-order valence-electron chi connectivity index (χ1n) is 12.0. The number of nitrogens with one attached hydrogen (secondary N) is 2. The van der Waals surface area contributed by atoms with Crippen molar-refractivity contribution in [2.24, 2.45) is 0 Å². The average molecular weight is 454 g/mol. The van der Waals surface area contributed by atoms with Gasteiger partial charge in [-0.25, -0.2) is 10.9 Å². The van der Waals surface area contributed by atoms with Gasteiger partial charge in [0.2, 0.25) is 5.91 Å². The van der Waals surface area contributed by atoms with Crippen LogP contribution in [-0.2, 0) is 4.79 Å². The number of carbonyl (C=O) groups is 1. The van der Waals surface area contributed by atoms with E-state index in [4.69, 9.17) is 0 Å². The van der Waals surface area contributed by atoms with E-state index in [9.17, 15) is 4.79 Å². The van der Waals surface area contributed by atoms with Crippen molar-refractivity contribution in [1.82, 2.24) is 20.7 Å². The van der Waals surface area contributed by atoms with Crippen molar-refractivity contribution in [3.63, 3.8) is 0 Å². The number of hydrogen-bond acceptors (Lipinski definition) is 6. The Morgan fingerprint density at radius 3 is 2.56 bits per heavy atom. The molecule has 0 bridgehead atoms. The van der Waals surface area contributed by atoms with Crippen LogP contribution in [0.5, 0.6) is 0 Å². The lowest BCUT2D eigenvalue weighted by molar-refractivity contribution is -0.135. The van der Waals surface area contributed by atoms with Crippen LogP contribution in [0.2, 0.25) is 0 Å². The van der Waals surface area contributed by atoms with E-state index in [0.717, 1.165) is 52.1 Å². The minimum atomic E-state index is -0.126. The van der Waals surface area contributed by atoms with Gasteiger partial charge in [-0.3, -0.25) is 9.69 Å². The van der Waals surface area contributed by atoms with Crippen molar-refractivity contribution in [3.8, 4) is 0 Å². The third-order valence-electron chi connectivity index (χ3n) is 7.30. The van der Waals surface area contributed by atoms with Crippen molar-refractivity contribution < 1.29 is 4.79 Å². The number of carbonyl (C=O) groups excluding carboxylic acids is 1. The number of anilines is 1. The average Bonchev–Trinajstić information content (AvgIpc) is 3.48. The molecule has 0 radical (unpaired) electrons. The van der Waals surface area contributed by atoms with Crippen molar-refractivity contribution >= 4 is 22.9 Å². The molecular formula is C25H35N5OS. The van der Waals surface area contributed by atoms with Crippen LogP contribution in [0.4, 0.5) is 5.69 Å². The summed E-state index contributed by atoms with van der Waals surface area (Å²) in [5.74, 6) is 0.261. The van der Waals surface area contributed by atoms with E-state index in [1.165, 1.54) is 27.4 Å². The summed E-state index contributed by atoms with van der Waals surface area (Å²) in [6, 6.07) is 13.6. The normalized spacial score (nSPS) is 27.1. The second-order valence-electron chi connectivity index (χ2n) is 9.47. The lowest BCUT2D eigenvalue weighted by atomic mass is 10.0. The molecule has 3 fully saturated rings. The van der Waals surface area contributed by atoms with Crippen molar-refractivity contribution in [3.05, 3.63) is 51.7 Å². The summed E-state index contributed by atoms with van der Waals surface area (Å²) in [4.78, 5) is 23.2. The first-order chi connectivity index (χ1) is 15.6. The van der Waals surface area contributed by atoms with Crippen LogP contribution in [0, 0.1) is 13.8 Å². The maximum Gasteiger partial charge on any atom is 0.241 e. The Hall–Kier alpha value is -1.93. The second kappa shape index (κ2) is 9.51. The quantitative estimate of drug-likeness (QED) is 0.745. The summed E-state index contributed by atoms with van der Waals surface area (Å²) in [5, 5.41) is 0. The van der Waals surface area contributed by atoms with Crippen LogP contribution in [0.3, 0.4) is 0 Å². The van der Waals surface area contributed by atoms with Crippen LogP contribution in [-0.4, -0.2) is 67.1 Å². The van der Waals surface area contributed by atoms with Gasteiger partial charge in [-0.15, -0.1) is 11.3 Å². The van der Waals surface area contributed by atoms with Crippen molar-refractivity contribution in [1.29, 1.82) is 0 Å². The minimum Gasteiger partial charge on any atom is -0.369 e. The molecule has 3 aliphatic heterocycles. The lowest BCUT2D eigenvalue weighted by Gasteiger charge is -2.44. The van der Waals surface area contributed by atoms with E-state index in [1.54, 1.807) is 0 Å². The molecule has 1 amide bonds. The zero-order valence-electron chi connectivity index (χ0n) is 19.2. The minimum absolute atomic E-state index is 0.126. The lowest BCUT2D eigenvalue weighted by Crippen LogP contribution is -2.57. The molecular weight excluding hydrogens is 418 g/mol. The first kappa shape index (κ1) is 21.9. The highest BCUT2D eigenvalue weighted by atomic mass is 32.1. The van der Waals surface area contributed by atoms with Crippen LogP contribution < -0.4 is 15.8 Å². The summed E-state index contributed by atoms with van der Waals surface area (Å²) in [7, 11) is 0. The molecule has 1 aromatic heterocycles. The summed E-state index contributed by atoms with van der Waals surface area (Å²) < 4.78 is 0. The van der Waals surface area contributed by atoms with E-state index < -0.39 is 0 Å². The van der Waals surface area contributed by atoms with Crippen LogP contribution >= 0.6 is 11.3 Å². The van der Waals surface area contributed by atoms with Gasteiger partial charge >= 0.3 is 0 Å². The molecule has 2 N–H and O–H groups in total. The molecule has 32 heavy (non-hydrogen) atoms. The standard InChI is InChI=1S/C25H35N5OS/c1-18-6-3-4-8-23(18)29-14-12-28(13-15-29)20-7-5-11-30(17-20)25(31)22-16-21(26-27-22)24-10-9-19(2)32-24/h3-4,6,8-10,20-22,26-27H,5,7,11-17H2,1-2H3. The number of para-hydroxylation sites is 1. The van der Waals surface area contributed by atoms with Crippen LogP contribution in [0.25, 0.3) is 0 Å². The molecule has 0 spiro atoms. The number of amides is 1. The molecule has 7 heteroatoms. The van der Waals surface area contributed by atoms with Gasteiger partial charge in [-0.1, -0.05) is 18.2 Å². The van der Waals surface area contributed by atoms with Crippen LogP contribution in [0.15, 0.2) is 36.4 Å². The molecule has 4 heterocycles. The fraction of sp³-hybridized carbons (Fsp3) is 0.560. The summed E-state index contributed by atoms with van der Waals surface area (Å²) in [6.45, 7) is 10.4. The van der Waals surface area contributed by atoms with E-state index in [2.05, 4.69) is 75.8 Å². The van der Waals surface area contributed by atoms with Crippen molar-refractivity contribution in [2.45, 2.75) is 51.2 Å². The molecule has 2 aromatic rings. The molecule has 6 nitrogen and oxygen atoms in total. The zero-order valence-corrected chi connectivity index (χ0v) is 20.0. The number of likely N-dealkylation sites (tertiary alicyclic amines) is 1. The van der Waals surface area contributed by atoms with Crippen LogP contribution in [0.1, 0.15) is 40.6 Å². The Bertz CT molecular complexity index is 938. The van der Waals surface area contributed by atoms with E-state index >= 15 is 0 Å². The SMILES string of the molecule is Cc1ccc(C2CC(C(=O)N3CCCC(N4CCN(c5ccccc5C)CC4)C3)NN2)s1. The predicted octanol–water partition coefficient (Wildman–Crippen LogP) is 3.09. The van der Waals surface area contributed by atoms with E-state index in [-0.39, 0.29) is 18.0 Å². The summed E-state index contributed by atoms with van der Waals surface area (Å²) >= 11 is 1.81. The number of aryl methyl sites for hydroxylation is 2. The number of thiophene rings is 1. The Morgan fingerprint density at radius 1 is 1.00 bits per heavy atom. The summed E-state index contributed by atoms with van der Waals surface area (Å²) in [5.41, 5.74) is 9.35. The van der Waals surface area contributed by atoms with Gasteiger partial charge in [0.05, 0.1) is 6.04 Å². The van der Waals surface area contributed by atoms with Gasteiger partial charge in [0, 0.05) is 60.8 Å². The molecule has 3 aliphatic rings. The highest BCUT2D eigenvalue weighted by Gasteiger charge is 2.36. The number of rotatable bonds is 4. The van der Waals surface area contributed by atoms with Gasteiger partial charge in [0.25, 0.3) is 0 Å². The Kier molecular flexibility index (Phi) is 6.51. The summed E-state index contributed by atoms with van der Waals surface area (Å²) in [6.07, 6.45) is 3.12. The van der Waals surface area contributed by atoms with Gasteiger partial charge < -0.3 is 9.80 Å². The fourth-order valence-corrected chi connectivity index (χ4v) is 6.41. The zero-order chi connectivity index (χ0) is 22.1. The molecule has 0 saturated carbocycles. The monoisotopic (exact) mass is 453 g/mol. The fourth-order valence-electron chi connectivity index (χ4n) is 5.46. The topological polar surface area (TPSA) is 50.9 Å². The number of benzene rings is 1. The smallest absolute Gasteiger partial charge is 0.241 e. The van der Waals surface area contributed by atoms with Gasteiger partial charge in [-0.2, -0.15) is 0 Å². The largest absolute Gasteiger partial charge is 0.369 e. The third kappa shape index (κ3) is 4.57. The van der Waals surface area contributed by atoms with E-state index in [1.807, 2.05) is 11.3 Å². The maximum atomic E-state index is 13.3. The third-order valence-corrected chi connectivity index (χ3v) is 8.42. The number of nitrogens with zero attached hydrogens (tertiary/aromatic N) is 3. The molecule has 3 atom stereocenters. The van der Waals surface area contributed by atoms with E-state index in [0.29, 0.717) is 6.04 Å². The second-order valence-corrected chi connectivity index (χ2v) is 10.8. The highest BCUT2D eigenvalue weighted by Crippen LogP contribution is 2.30. The highest BCUT2D eigenvalue weighted by molar-refractivity contribution is 7.12. The number of piperidine rings is 1. The number of hydrogen-bond donors (Lipinski definition) is 2. The Labute approximate surface area is 195 Å². The molecule has 1 aromatic carbocycles. The van der Waals surface area contributed by atoms with Gasteiger partial charge in [0.15, 0.2) is 0 Å². The van der Waals surface area contributed by atoms with Gasteiger partial charge in [-0.05, 0) is 56.9 Å². The first-order valence-corrected chi connectivity index (χ1v) is 12.8. The Balaban J connectivity index is 1.15.